The van der Waals surface area contributed by atoms with Gasteiger partial charge in [0, 0.05) is 28.9 Å². The lowest BCUT2D eigenvalue weighted by Crippen LogP contribution is -2.26. The van der Waals surface area contributed by atoms with E-state index in [1.165, 1.54) is 30.7 Å². The van der Waals surface area contributed by atoms with Crippen LogP contribution in [0.15, 0.2) is 59.0 Å². The lowest BCUT2D eigenvalue weighted by atomic mass is 9.81. The Hall–Kier alpha value is -3.95. The number of carbonyl (C=O) groups is 2. The maximum atomic E-state index is 12.5. The highest BCUT2D eigenvalue weighted by atomic mass is 19.4. The minimum atomic E-state index is -4.75. The zero-order valence-corrected chi connectivity index (χ0v) is 21.5. The van der Waals surface area contributed by atoms with E-state index in [1.54, 1.807) is 12.1 Å². The Morgan fingerprint density at radius 1 is 1.05 bits per heavy atom. The average molecular weight is 545 g/mol. The fourth-order valence-corrected chi connectivity index (χ4v) is 4.97. The number of aryl methyl sites for hydroxylation is 1. The summed E-state index contributed by atoms with van der Waals surface area (Å²) in [5.74, 6) is 0.0116. The summed E-state index contributed by atoms with van der Waals surface area (Å²) in [5.41, 5.74) is 2.87. The van der Waals surface area contributed by atoms with Crippen LogP contribution in [-0.2, 0) is 4.79 Å². The van der Waals surface area contributed by atoms with Crippen molar-refractivity contribution in [2.45, 2.75) is 57.9 Å². The van der Waals surface area contributed by atoms with Crippen LogP contribution in [0.5, 0.6) is 5.75 Å². The molecule has 1 atom stereocenters. The molecule has 0 radical (unpaired) electrons. The quantitative estimate of drug-likeness (QED) is 0.252. The number of benzene rings is 2. The molecular weight excluding hydrogens is 513 g/mol. The van der Waals surface area contributed by atoms with Gasteiger partial charge < -0.3 is 24.9 Å². The zero-order valence-electron chi connectivity index (χ0n) is 21.5. The molecule has 7 nitrogen and oxygen atoms in total. The van der Waals surface area contributed by atoms with E-state index in [2.05, 4.69) is 15.4 Å². The van der Waals surface area contributed by atoms with Crippen LogP contribution in [0.4, 0.5) is 18.9 Å². The first-order chi connectivity index (χ1) is 18.6. The molecular formula is C29H31F3N2O5. The molecule has 3 N–H and O–H groups in total. The largest absolute Gasteiger partial charge is 0.573 e. The molecule has 1 unspecified atom stereocenters. The Balaban J connectivity index is 1.53. The Morgan fingerprint density at radius 3 is 2.33 bits per heavy atom. The summed E-state index contributed by atoms with van der Waals surface area (Å²) in [6, 6.07) is 14.5. The van der Waals surface area contributed by atoms with Crippen molar-refractivity contribution in [2.75, 3.05) is 11.9 Å². The fourth-order valence-electron chi connectivity index (χ4n) is 4.97. The maximum absolute atomic E-state index is 12.5. The molecule has 2 aromatic carbocycles. The molecule has 1 aliphatic carbocycles. The second-order valence-corrected chi connectivity index (χ2v) is 9.69. The van der Waals surface area contributed by atoms with Crippen LogP contribution < -0.4 is 15.4 Å². The minimum Gasteiger partial charge on any atom is -0.481 e. The van der Waals surface area contributed by atoms with E-state index < -0.39 is 12.3 Å². The standard InChI is InChI=1S/C29H31F3N2O5/c1-18-24(17-25(38-18)19-9-13-23(14-10-19)39-29(30,31)32)27(20-5-3-2-4-6-20)34-22-11-7-21(8-12-22)28(37)33-16-15-26(35)36/h7-14,17,20,27,34H,2-6,15-16H2,1H3,(H,33,37)(H,35,36). The predicted molar refractivity (Wildman–Crippen MR) is 140 cm³/mol. The normalized spacial score (nSPS) is 15.0. The topological polar surface area (TPSA) is 101 Å². The van der Waals surface area contributed by atoms with E-state index in [0.29, 0.717) is 22.8 Å². The fraction of sp³-hybridized carbons (Fsp3) is 0.379. The Morgan fingerprint density at radius 2 is 1.72 bits per heavy atom. The maximum Gasteiger partial charge on any atom is 0.573 e. The molecule has 0 bridgehead atoms. The van der Waals surface area contributed by atoms with Gasteiger partial charge in [0.1, 0.15) is 17.3 Å². The second kappa shape index (κ2) is 12.3. The van der Waals surface area contributed by atoms with Crippen LogP contribution in [0, 0.1) is 12.8 Å². The van der Waals surface area contributed by atoms with Crippen LogP contribution in [0.1, 0.15) is 66.2 Å². The van der Waals surface area contributed by atoms with Gasteiger partial charge in [0.15, 0.2) is 0 Å². The number of ether oxygens (including phenoxy) is 1. The summed E-state index contributed by atoms with van der Waals surface area (Å²) >= 11 is 0. The summed E-state index contributed by atoms with van der Waals surface area (Å²) in [5, 5.41) is 15.0. The molecule has 0 aliphatic heterocycles. The Bertz CT molecular complexity index is 1260. The van der Waals surface area contributed by atoms with Gasteiger partial charge in [0.05, 0.1) is 12.5 Å². The van der Waals surface area contributed by atoms with Crippen molar-refractivity contribution >= 4 is 17.6 Å². The van der Waals surface area contributed by atoms with Crippen LogP contribution in [0.25, 0.3) is 11.3 Å². The van der Waals surface area contributed by atoms with Crippen LogP contribution in [-0.4, -0.2) is 29.9 Å². The molecule has 208 valence electrons. The van der Waals surface area contributed by atoms with Crippen molar-refractivity contribution in [3.63, 3.8) is 0 Å². The molecule has 1 aromatic heterocycles. The number of aliphatic carboxylic acids is 1. The lowest BCUT2D eigenvalue weighted by Gasteiger charge is -2.31. The van der Waals surface area contributed by atoms with Gasteiger partial charge in [-0.15, -0.1) is 13.2 Å². The number of furan rings is 1. The minimum absolute atomic E-state index is 0.0537. The van der Waals surface area contributed by atoms with E-state index in [0.717, 1.165) is 42.7 Å². The number of anilines is 1. The molecule has 4 rings (SSSR count). The van der Waals surface area contributed by atoms with Gasteiger partial charge in [-0.3, -0.25) is 9.59 Å². The number of carboxylic acid groups (broad SMARTS) is 1. The van der Waals surface area contributed by atoms with E-state index in [1.807, 2.05) is 25.1 Å². The van der Waals surface area contributed by atoms with Crippen molar-refractivity contribution in [3.8, 4) is 17.1 Å². The number of hydrogen-bond donors (Lipinski definition) is 3. The summed E-state index contributed by atoms with van der Waals surface area (Å²) in [4.78, 5) is 23.0. The first-order valence-corrected chi connectivity index (χ1v) is 12.9. The molecule has 39 heavy (non-hydrogen) atoms. The molecule has 1 heterocycles. The van der Waals surface area contributed by atoms with Gasteiger partial charge in [0.25, 0.3) is 5.91 Å². The number of carbonyl (C=O) groups excluding carboxylic acids is 1. The smallest absolute Gasteiger partial charge is 0.481 e. The van der Waals surface area contributed by atoms with Crippen molar-refractivity contribution < 1.29 is 37.0 Å². The van der Waals surface area contributed by atoms with Crippen molar-refractivity contribution in [1.29, 1.82) is 0 Å². The monoisotopic (exact) mass is 544 g/mol. The predicted octanol–water partition coefficient (Wildman–Crippen LogP) is 7.09. The molecule has 1 saturated carbocycles. The molecule has 3 aromatic rings. The first-order valence-electron chi connectivity index (χ1n) is 12.9. The van der Waals surface area contributed by atoms with Crippen molar-refractivity contribution in [2.24, 2.45) is 5.92 Å². The first kappa shape index (κ1) is 28.1. The van der Waals surface area contributed by atoms with Gasteiger partial charge >= 0.3 is 12.3 Å². The van der Waals surface area contributed by atoms with Crippen molar-refractivity contribution in [1.82, 2.24) is 5.32 Å². The summed E-state index contributed by atoms with van der Waals surface area (Å²) in [7, 11) is 0. The summed E-state index contributed by atoms with van der Waals surface area (Å²) in [6.07, 6.45) is 0.641. The molecule has 1 amide bonds. The van der Waals surface area contributed by atoms with Gasteiger partial charge in [-0.1, -0.05) is 19.3 Å². The zero-order chi connectivity index (χ0) is 28.0. The number of rotatable bonds is 10. The van der Waals surface area contributed by atoms with Crippen LogP contribution in [0.2, 0.25) is 0 Å². The van der Waals surface area contributed by atoms with Gasteiger partial charge in [0.2, 0.25) is 0 Å². The average Bonchev–Trinajstić information content (AvgIpc) is 3.28. The molecule has 1 aliphatic rings. The third-order valence-electron chi connectivity index (χ3n) is 6.88. The van der Waals surface area contributed by atoms with Gasteiger partial charge in [-0.2, -0.15) is 0 Å². The van der Waals surface area contributed by atoms with Crippen LogP contribution in [0.3, 0.4) is 0 Å². The molecule has 1 fully saturated rings. The highest BCUT2D eigenvalue weighted by Gasteiger charge is 2.31. The Labute approximate surface area is 224 Å². The number of carboxylic acids is 1. The Kier molecular flexibility index (Phi) is 8.83. The van der Waals surface area contributed by atoms with Crippen molar-refractivity contribution in [3.05, 3.63) is 71.5 Å². The van der Waals surface area contributed by atoms with Gasteiger partial charge in [-0.05, 0) is 80.3 Å². The lowest BCUT2D eigenvalue weighted by molar-refractivity contribution is -0.274. The number of alkyl halides is 3. The van der Waals surface area contributed by atoms with E-state index >= 15 is 0 Å². The third-order valence-corrected chi connectivity index (χ3v) is 6.88. The number of amides is 1. The summed E-state index contributed by atoms with van der Waals surface area (Å²) < 4.78 is 47.6. The van der Waals surface area contributed by atoms with Gasteiger partial charge in [-0.25, -0.2) is 0 Å². The third kappa shape index (κ3) is 7.78. The molecule has 0 saturated heterocycles. The molecule has 10 heteroatoms. The van der Waals surface area contributed by atoms with E-state index in [9.17, 15) is 22.8 Å². The number of hydrogen-bond acceptors (Lipinski definition) is 5. The highest BCUT2D eigenvalue weighted by molar-refractivity contribution is 5.94. The second-order valence-electron chi connectivity index (χ2n) is 9.69. The SMILES string of the molecule is Cc1oc(-c2ccc(OC(F)(F)F)cc2)cc1C(Nc1ccc(C(=O)NCCC(=O)O)cc1)C1CCCCC1. The van der Waals surface area contributed by atoms with Crippen LogP contribution >= 0.6 is 0 Å². The van der Waals surface area contributed by atoms with E-state index in [-0.39, 0.29) is 30.7 Å². The molecule has 0 spiro atoms. The number of nitrogens with one attached hydrogen (secondary N) is 2. The highest BCUT2D eigenvalue weighted by Crippen LogP contribution is 2.40. The summed E-state index contributed by atoms with van der Waals surface area (Å²) in [6.45, 7) is 1.93. The number of halogens is 3. The van der Waals surface area contributed by atoms with E-state index in [4.69, 9.17) is 9.52 Å².